The van der Waals surface area contributed by atoms with E-state index in [-0.39, 0.29) is 17.9 Å². The molecule has 5 nitrogen and oxygen atoms in total. The van der Waals surface area contributed by atoms with Crippen LogP contribution in [0.4, 0.5) is 0 Å². The summed E-state index contributed by atoms with van der Waals surface area (Å²) in [6.07, 6.45) is 1.33. The Kier molecular flexibility index (Phi) is 3.77. The average Bonchev–Trinajstić information content (AvgIpc) is 2.38. The van der Waals surface area contributed by atoms with E-state index in [9.17, 15) is 9.59 Å². The Morgan fingerprint density at radius 1 is 1.26 bits per heavy atom. The molecule has 0 aliphatic heterocycles. The van der Waals surface area contributed by atoms with Crippen molar-refractivity contribution in [2.45, 2.75) is 12.7 Å². The van der Waals surface area contributed by atoms with E-state index in [0.717, 1.165) is 5.56 Å². The molecule has 1 aromatic rings. The molecular formula is C14H13NO4. The third-order valence-electron chi connectivity index (χ3n) is 2.68. The number of carboxylic acid groups (broad SMARTS) is 1. The van der Waals surface area contributed by atoms with Gasteiger partial charge in [-0.05, 0) is 11.6 Å². The lowest BCUT2D eigenvalue weighted by Gasteiger charge is -2.19. The third kappa shape index (κ3) is 3.08. The number of ketones is 1. The smallest absolute Gasteiger partial charge is 0.334 e. The van der Waals surface area contributed by atoms with E-state index in [0.29, 0.717) is 0 Å². The van der Waals surface area contributed by atoms with Gasteiger partial charge in [-0.2, -0.15) is 0 Å². The van der Waals surface area contributed by atoms with Gasteiger partial charge >= 0.3 is 5.97 Å². The molecular weight excluding hydrogens is 246 g/mol. The lowest BCUT2D eigenvalue weighted by molar-refractivity contribution is -0.137. The Balaban J connectivity index is 2.13. The van der Waals surface area contributed by atoms with Gasteiger partial charge in [0.25, 0.3) is 0 Å². The second-order valence-corrected chi connectivity index (χ2v) is 4.13. The molecule has 1 atom stereocenters. The summed E-state index contributed by atoms with van der Waals surface area (Å²) >= 11 is 0. The van der Waals surface area contributed by atoms with Gasteiger partial charge in [0.15, 0.2) is 11.9 Å². The Hall–Kier alpha value is -2.40. The summed E-state index contributed by atoms with van der Waals surface area (Å²) in [6, 6.07) is 9.21. The molecule has 0 saturated carbocycles. The predicted molar refractivity (Wildman–Crippen MR) is 68.0 cm³/mol. The van der Waals surface area contributed by atoms with E-state index >= 15 is 0 Å². The minimum absolute atomic E-state index is 0.127. The Bertz CT molecular complexity index is 560. The van der Waals surface area contributed by atoms with Gasteiger partial charge in [-0.15, -0.1) is 0 Å². The number of aliphatic carboxylic acids is 1. The van der Waals surface area contributed by atoms with Gasteiger partial charge in [-0.3, -0.25) is 4.79 Å². The number of rotatable bonds is 4. The molecule has 3 N–H and O–H groups in total. The quantitative estimate of drug-likeness (QED) is 0.842. The number of benzene rings is 1. The molecule has 0 bridgehead atoms. The summed E-state index contributed by atoms with van der Waals surface area (Å²) in [7, 11) is 0. The Morgan fingerprint density at radius 2 is 1.95 bits per heavy atom. The van der Waals surface area contributed by atoms with Crippen molar-refractivity contribution in [3.8, 4) is 0 Å². The fraction of sp³-hybridized carbons (Fsp3) is 0.143. The van der Waals surface area contributed by atoms with Crippen molar-refractivity contribution in [3.05, 3.63) is 59.3 Å². The van der Waals surface area contributed by atoms with Crippen molar-refractivity contribution in [1.29, 1.82) is 0 Å². The summed E-state index contributed by atoms with van der Waals surface area (Å²) in [5, 5.41) is 9.06. The van der Waals surface area contributed by atoms with Crippen LogP contribution in [0.25, 0.3) is 0 Å². The molecule has 1 unspecified atom stereocenters. The molecule has 19 heavy (non-hydrogen) atoms. The number of carbonyl (C=O) groups excluding carboxylic acids is 1. The molecule has 0 fully saturated rings. The number of hydrogen-bond donors (Lipinski definition) is 2. The van der Waals surface area contributed by atoms with Crippen LogP contribution in [0.2, 0.25) is 0 Å². The lowest BCUT2D eigenvalue weighted by atomic mass is 9.98. The number of carbonyl (C=O) groups is 2. The summed E-state index contributed by atoms with van der Waals surface area (Å²) in [4.78, 5) is 22.8. The van der Waals surface area contributed by atoms with E-state index in [2.05, 4.69) is 0 Å². The minimum Gasteiger partial charge on any atom is -0.478 e. The number of hydrogen-bond acceptors (Lipinski definition) is 4. The summed E-state index contributed by atoms with van der Waals surface area (Å²) < 4.78 is 5.40. The van der Waals surface area contributed by atoms with Crippen LogP contribution in [0, 0.1) is 0 Å². The van der Waals surface area contributed by atoms with Crippen LogP contribution < -0.4 is 5.73 Å². The van der Waals surface area contributed by atoms with Gasteiger partial charge < -0.3 is 15.6 Å². The first-order valence-corrected chi connectivity index (χ1v) is 5.69. The highest BCUT2D eigenvalue weighted by Gasteiger charge is 2.30. The van der Waals surface area contributed by atoms with Crippen LogP contribution in [-0.4, -0.2) is 23.0 Å². The molecule has 0 spiro atoms. The Morgan fingerprint density at radius 3 is 2.58 bits per heavy atom. The van der Waals surface area contributed by atoms with Crippen molar-refractivity contribution in [1.82, 2.24) is 0 Å². The Labute approximate surface area is 110 Å². The molecule has 0 amide bonds. The van der Waals surface area contributed by atoms with Gasteiger partial charge in [0, 0.05) is 11.8 Å². The largest absolute Gasteiger partial charge is 0.478 e. The lowest BCUT2D eigenvalue weighted by Crippen LogP contribution is -2.32. The SMILES string of the molecule is NC1=CC(=O)C(OCc2ccccc2)C(C(=O)O)=C1. The second-order valence-electron chi connectivity index (χ2n) is 4.13. The molecule has 1 aromatic carbocycles. The van der Waals surface area contributed by atoms with Crippen LogP contribution in [-0.2, 0) is 20.9 Å². The van der Waals surface area contributed by atoms with Gasteiger partial charge in [-0.1, -0.05) is 30.3 Å². The number of allylic oxidation sites excluding steroid dienone is 1. The first kappa shape index (κ1) is 13.0. The molecule has 2 rings (SSSR count). The van der Waals surface area contributed by atoms with Crippen LogP contribution in [0.3, 0.4) is 0 Å². The zero-order valence-electron chi connectivity index (χ0n) is 10.1. The first-order chi connectivity index (χ1) is 9.08. The third-order valence-corrected chi connectivity index (χ3v) is 2.68. The van der Waals surface area contributed by atoms with E-state index in [4.69, 9.17) is 15.6 Å². The molecule has 98 valence electrons. The molecule has 0 aromatic heterocycles. The highest BCUT2D eigenvalue weighted by atomic mass is 16.5. The standard InChI is InChI=1S/C14H13NO4/c15-10-6-11(14(17)18)13(12(16)7-10)19-8-9-4-2-1-3-5-9/h1-7,13H,8,15H2,(H,17,18). The fourth-order valence-electron chi connectivity index (χ4n) is 1.79. The van der Waals surface area contributed by atoms with Crippen LogP contribution in [0.15, 0.2) is 53.8 Å². The summed E-state index contributed by atoms with van der Waals surface area (Å²) in [5.41, 5.74) is 6.32. The number of nitrogens with two attached hydrogens (primary N) is 1. The molecule has 0 saturated heterocycles. The average molecular weight is 259 g/mol. The van der Waals surface area contributed by atoms with Gasteiger partial charge in [0.1, 0.15) is 0 Å². The number of carboxylic acids is 1. The summed E-state index contributed by atoms with van der Waals surface area (Å²) in [6.45, 7) is 0.162. The normalized spacial score (nSPS) is 18.7. The molecule has 1 aliphatic carbocycles. The zero-order valence-corrected chi connectivity index (χ0v) is 10.1. The molecule has 1 aliphatic rings. The maximum absolute atomic E-state index is 11.8. The summed E-state index contributed by atoms with van der Waals surface area (Å²) in [5.74, 6) is -1.66. The minimum atomic E-state index is -1.21. The highest BCUT2D eigenvalue weighted by molar-refractivity contribution is 6.06. The van der Waals surface area contributed by atoms with Crippen molar-refractivity contribution in [2.24, 2.45) is 5.73 Å². The maximum atomic E-state index is 11.8. The molecule has 0 heterocycles. The molecule has 0 radical (unpaired) electrons. The van der Waals surface area contributed by atoms with Gasteiger partial charge in [0.05, 0.1) is 12.2 Å². The number of ether oxygens (including phenoxy) is 1. The van der Waals surface area contributed by atoms with Crippen molar-refractivity contribution in [2.75, 3.05) is 0 Å². The van der Waals surface area contributed by atoms with Gasteiger partial charge in [-0.25, -0.2) is 4.79 Å². The monoisotopic (exact) mass is 259 g/mol. The highest BCUT2D eigenvalue weighted by Crippen LogP contribution is 2.18. The fourth-order valence-corrected chi connectivity index (χ4v) is 1.79. The maximum Gasteiger partial charge on any atom is 0.334 e. The van der Waals surface area contributed by atoms with Crippen LogP contribution in [0.5, 0.6) is 0 Å². The van der Waals surface area contributed by atoms with E-state index < -0.39 is 17.9 Å². The van der Waals surface area contributed by atoms with E-state index in [1.807, 2.05) is 30.3 Å². The van der Waals surface area contributed by atoms with Crippen molar-refractivity contribution >= 4 is 11.8 Å². The van der Waals surface area contributed by atoms with Crippen LogP contribution >= 0.6 is 0 Å². The van der Waals surface area contributed by atoms with Crippen LogP contribution in [0.1, 0.15) is 5.56 Å². The van der Waals surface area contributed by atoms with Crippen molar-refractivity contribution < 1.29 is 19.4 Å². The second kappa shape index (κ2) is 5.49. The zero-order chi connectivity index (χ0) is 13.8. The van der Waals surface area contributed by atoms with E-state index in [1.165, 1.54) is 12.2 Å². The topological polar surface area (TPSA) is 89.6 Å². The first-order valence-electron chi connectivity index (χ1n) is 5.69. The van der Waals surface area contributed by atoms with E-state index in [1.54, 1.807) is 0 Å². The molecule has 5 heteroatoms. The predicted octanol–water partition coefficient (Wildman–Crippen LogP) is 1.01. The van der Waals surface area contributed by atoms with Gasteiger partial charge in [0.2, 0.25) is 0 Å². The van der Waals surface area contributed by atoms with Crippen molar-refractivity contribution in [3.63, 3.8) is 0 Å².